The molecule has 0 fully saturated rings. The second kappa shape index (κ2) is 18.7. The fraction of sp³-hybridized carbons (Fsp3) is 0. The van der Waals surface area contributed by atoms with Crippen LogP contribution >= 0.6 is 0 Å². The molecule has 1 heterocycles. The highest BCUT2D eigenvalue weighted by Gasteiger charge is 2.22. The van der Waals surface area contributed by atoms with Crippen LogP contribution in [-0.2, 0) is 0 Å². The Labute approximate surface area is 490 Å². The number of hydrogen-bond acceptors (Lipinski definition) is 1. The predicted octanol–water partition coefficient (Wildman–Crippen LogP) is 24.0. The lowest BCUT2D eigenvalue weighted by molar-refractivity contribution is 0.669. The number of furan rings is 1. The van der Waals surface area contributed by atoms with Gasteiger partial charge in [0.15, 0.2) is 0 Å². The van der Waals surface area contributed by atoms with Crippen LogP contribution in [0.1, 0.15) is 0 Å². The van der Waals surface area contributed by atoms with E-state index in [1.54, 1.807) is 0 Å². The molecule has 0 saturated heterocycles. The van der Waals surface area contributed by atoms with Gasteiger partial charge in [-0.2, -0.15) is 0 Å². The molecule has 0 atom stereocenters. The normalized spacial score (nSPS) is 12.0. The van der Waals surface area contributed by atoms with Crippen LogP contribution in [0.3, 0.4) is 0 Å². The van der Waals surface area contributed by atoms with Crippen LogP contribution in [0.2, 0.25) is 0 Å². The van der Waals surface area contributed by atoms with Crippen molar-refractivity contribution < 1.29 is 4.42 Å². The molecule has 18 aromatic rings. The van der Waals surface area contributed by atoms with Crippen molar-refractivity contribution in [1.82, 2.24) is 0 Å². The molecule has 0 aliphatic carbocycles. The summed E-state index contributed by atoms with van der Waals surface area (Å²) in [5.41, 5.74) is 16.3. The van der Waals surface area contributed by atoms with Crippen molar-refractivity contribution in [2.75, 3.05) is 0 Å². The number of fused-ring (bicyclic) bond motifs is 15. The SMILES string of the molecule is c1ccc(-c2c3ccccc3c(-c3cccc(-c4ccc5c(c4)c4ccccc4c4ccc(-c6ccc7c(-c8cccc9ccccc89)c8ccccc8c(-c8ccc9oc%10cc%11ccccc%11cc%10c9c8)c7c6)cc45)c3)c3ccccc23)cc1. The Morgan fingerprint density at radius 3 is 1.16 bits per heavy atom. The molecule has 1 nitrogen and oxygen atoms in total. The van der Waals surface area contributed by atoms with Gasteiger partial charge in [-0.1, -0.05) is 255 Å². The summed E-state index contributed by atoms with van der Waals surface area (Å²) < 4.78 is 6.60. The molecule has 0 N–H and O–H groups in total. The van der Waals surface area contributed by atoms with Crippen molar-refractivity contribution in [3.63, 3.8) is 0 Å². The Hall–Kier alpha value is -11.1. The maximum atomic E-state index is 6.60. The van der Waals surface area contributed by atoms with E-state index in [1.165, 1.54) is 158 Å². The first kappa shape index (κ1) is 47.5. The summed E-state index contributed by atoms with van der Waals surface area (Å²) in [6.07, 6.45) is 0. The zero-order valence-electron chi connectivity index (χ0n) is 46.3. The lowest BCUT2D eigenvalue weighted by atomic mass is 9.83. The highest BCUT2D eigenvalue weighted by atomic mass is 16.3. The van der Waals surface area contributed by atoms with Gasteiger partial charge < -0.3 is 4.42 Å². The molecule has 1 heteroatoms. The van der Waals surface area contributed by atoms with Crippen LogP contribution in [0.4, 0.5) is 0 Å². The first-order chi connectivity index (χ1) is 42.1. The summed E-state index contributed by atoms with van der Waals surface area (Å²) in [7, 11) is 0. The van der Waals surface area contributed by atoms with Crippen LogP contribution in [0.25, 0.3) is 186 Å². The van der Waals surface area contributed by atoms with Gasteiger partial charge >= 0.3 is 0 Å². The van der Waals surface area contributed by atoms with Crippen LogP contribution < -0.4 is 0 Å². The summed E-state index contributed by atoms with van der Waals surface area (Å²) in [5.74, 6) is 0. The molecule has 1 aromatic heterocycles. The second-order valence-corrected chi connectivity index (χ2v) is 22.9. The van der Waals surface area contributed by atoms with Crippen molar-refractivity contribution in [2.24, 2.45) is 0 Å². The van der Waals surface area contributed by atoms with Gasteiger partial charge in [-0.15, -0.1) is 0 Å². The summed E-state index contributed by atoms with van der Waals surface area (Å²) in [6, 6.07) is 113. The molecule has 0 spiro atoms. The van der Waals surface area contributed by atoms with E-state index in [0.717, 1.165) is 27.5 Å². The average Bonchev–Trinajstić information content (AvgIpc) is 1.66. The van der Waals surface area contributed by atoms with E-state index in [2.05, 4.69) is 303 Å². The van der Waals surface area contributed by atoms with Gasteiger partial charge in [0.2, 0.25) is 0 Å². The van der Waals surface area contributed by atoms with Crippen LogP contribution in [0, 0.1) is 0 Å². The number of rotatable bonds is 6. The largest absolute Gasteiger partial charge is 0.456 e. The molecule has 0 saturated carbocycles. The topological polar surface area (TPSA) is 13.1 Å². The smallest absolute Gasteiger partial charge is 0.136 e. The van der Waals surface area contributed by atoms with E-state index in [1.807, 2.05) is 0 Å². The quantitative estimate of drug-likeness (QED) is 0.119. The second-order valence-electron chi connectivity index (χ2n) is 22.9. The number of benzene rings is 17. The first-order valence-corrected chi connectivity index (χ1v) is 29.5. The monoisotopic (exact) mass is 1070 g/mol. The zero-order valence-corrected chi connectivity index (χ0v) is 46.3. The first-order valence-electron chi connectivity index (χ1n) is 29.5. The Kier molecular flexibility index (Phi) is 10.5. The van der Waals surface area contributed by atoms with Gasteiger partial charge in [-0.3, -0.25) is 0 Å². The lowest BCUT2D eigenvalue weighted by Gasteiger charge is -2.20. The number of hydrogen-bond donors (Lipinski definition) is 0. The van der Waals surface area contributed by atoms with Gasteiger partial charge in [-0.05, 0) is 212 Å². The van der Waals surface area contributed by atoms with Gasteiger partial charge in [0, 0.05) is 10.8 Å². The van der Waals surface area contributed by atoms with Gasteiger partial charge in [0.05, 0.1) is 0 Å². The molecular formula is C84H50O. The van der Waals surface area contributed by atoms with E-state index >= 15 is 0 Å². The van der Waals surface area contributed by atoms with E-state index < -0.39 is 0 Å². The predicted molar refractivity (Wildman–Crippen MR) is 364 cm³/mol. The molecule has 0 radical (unpaired) electrons. The van der Waals surface area contributed by atoms with Gasteiger partial charge in [0.1, 0.15) is 11.2 Å². The summed E-state index contributed by atoms with van der Waals surface area (Å²) >= 11 is 0. The van der Waals surface area contributed by atoms with Crippen LogP contribution in [0.5, 0.6) is 0 Å². The molecular weight excluding hydrogens is 1020 g/mol. The lowest BCUT2D eigenvalue weighted by Crippen LogP contribution is -1.93. The van der Waals surface area contributed by atoms with Crippen molar-refractivity contribution >= 4 is 119 Å². The minimum absolute atomic E-state index is 0.889. The highest BCUT2D eigenvalue weighted by Crippen LogP contribution is 2.49. The Morgan fingerprint density at radius 1 is 0.153 bits per heavy atom. The molecule has 0 aliphatic rings. The molecule has 17 aromatic carbocycles. The van der Waals surface area contributed by atoms with E-state index in [9.17, 15) is 0 Å². The Morgan fingerprint density at radius 2 is 0.518 bits per heavy atom. The van der Waals surface area contributed by atoms with E-state index in [-0.39, 0.29) is 0 Å². The third kappa shape index (κ3) is 7.37. The Balaban J connectivity index is 0.828. The summed E-state index contributed by atoms with van der Waals surface area (Å²) in [6.45, 7) is 0. The fourth-order valence-corrected chi connectivity index (χ4v) is 14.5. The van der Waals surface area contributed by atoms with Crippen molar-refractivity contribution in [2.45, 2.75) is 0 Å². The molecule has 85 heavy (non-hydrogen) atoms. The zero-order chi connectivity index (χ0) is 55.7. The van der Waals surface area contributed by atoms with Crippen molar-refractivity contribution in [1.29, 1.82) is 0 Å². The molecule has 0 bridgehead atoms. The van der Waals surface area contributed by atoms with Crippen molar-refractivity contribution in [3.05, 3.63) is 303 Å². The minimum atomic E-state index is 0.889. The molecule has 0 unspecified atom stereocenters. The molecule has 392 valence electrons. The highest BCUT2D eigenvalue weighted by molar-refractivity contribution is 6.28. The van der Waals surface area contributed by atoms with Gasteiger partial charge in [0.25, 0.3) is 0 Å². The van der Waals surface area contributed by atoms with Crippen molar-refractivity contribution in [3.8, 4) is 66.8 Å². The third-order valence-electron chi connectivity index (χ3n) is 18.4. The van der Waals surface area contributed by atoms with Crippen LogP contribution in [0.15, 0.2) is 308 Å². The summed E-state index contributed by atoms with van der Waals surface area (Å²) in [4.78, 5) is 0. The standard InChI is InChI=1S/C84H50O/c1-2-19-52(20-3-1)81-67-29-10-12-31-69(67)82(70-32-13-11-30-68(70)81)59-25-16-24-53(44-59)56-37-41-65-74(45-56)63-28-9-8-27-62(63)64-40-36-57(46-75(64)65)58-38-42-73-78(48-58)83(60-39-43-79-76(49-60)77-47-54-21-4-5-22-55(54)50-80(77)85-79)71-33-14-15-34-72(71)84(73)66-35-17-23-51-18-6-7-26-61(51)66/h1-50H. The third-order valence-corrected chi connectivity index (χ3v) is 18.4. The summed E-state index contributed by atoms with van der Waals surface area (Å²) in [5, 5.41) is 24.5. The maximum Gasteiger partial charge on any atom is 0.136 e. The van der Waals surface area contributed by atoms with Crippen LogP contribution in [-0.4, -0.2) is 0 Å². The molecule has 0 aliphatic heterocycles. The average molecular weight is 1080 g/mol. The molecule has 0 amide bonds. The Bertz CT molecular complexity index is 5780. The molecule has 18 rings (SSSR count). The van der Waals surface area contributed by atoms with Gasteiger partial charge in [-0.25, -0.2) is 0 Å². The van der Waals surface area contributed by atoms with E-state index in [4.69, 9.17) is 4.42 Å². The minimum Gasteiger partial charge on any atom is -0.456 e. The fourth-order valence-electron chi connectivity index (χ4n) is 14.5. The maximum absolute atomic E-state index is 6.60. The van der Waals surface area contributed by atoms with E-state index in [0.29, 0.717) is 0 Å².